The Bertz CT molecular complexity index is 2400. The number of hydrogen-bond donors (Lipinski definition) is 0. The van der Waals surface area contributed by atoms with Crippen molar-refractivity contribution >= 4 is 21.4 Å². The van der Waals surface area contributed by atoms with Crippen LogP contribution in [0.25, 0.3) is 10.1 Å². The van der Waals surface area contributed by atoms with Gasteiger partial charge in [0, 0.05) is 4.70 Å². The van der Waals surface area contributed by atoms with E-state index in [0.29, 0.717) is 33.0 Å². The highest BCUT2D eigenvalue weighted by Crippen LogP contribution is 2.52. The lowest BCUT2D eigenvalue weighted by molar-refractivity contribution is -0.393. The molecular formula is C53H52O6S. The first kappa shape index (κ1) is 40.4. The summed E-state index contributed by atoms with van der Waals surface area (Å²) in [7, 11) is 0. The average Bonchev–Trinajstić information content (AvgIpc) is 3.70. The summed E-state index contributed by atoms with van der Waals surface area (Å²) in [6.45, 7) is 4.41. The van der Waals surface area contributed by atoms with Crippen molar-refractivity contribution in [1.82, 2.24) is 0 Å². The fourth-order valence-electron chi connectivity index (χ4n) is 8.52. The molecule has 306 valence electrons. The smallest absolute Gasteiger partial charge is 0.235 e. The van der Waals surface area contributed by atoms with Crippen LogP contribution in [-0.4, -0.2) is 37.6 Å². The summed E-state index contributed by atoms with van der Waals surface area (Å²) in [5.41, 5.74) is 9.41. The standard InChI is InChI=1S/C53H52O6S/c1-2-38-26-28-39(29-27-38)32-44-24-15-25-45-46-30-31-58-53(52(46)60-50(44)45)51(57-36-43-22-13-6-14-23-43)49(56-35-42-20-11-5-12-21-42)48(55-34-41-18-9-4-10-19-41)47(59-53)37-54-33-40-16-7-3-8-17-40/h3-29,47-49,51H,2,30-37H2,1H3/t47-,48-,49+,51-,53-/m1/s1. The normalized spacial score (nSPS) is 21.3. The molecule has 7 heteroatoms. The molecule has 5 atom stereocenters. The van der Waals surface area contributed by atoms with Crippen molar-refractivity contribution < 1.29 is 28.4 Å². The first-order valence-corrected chi connectivity index (χ1v) is 22.0. The Labute approximate surface area is 357 Å². The van der Waals surface area contributed by atoms with E-state index in [1.807, 2.05) is 72.8 Å². The minimum absolute atomic E-state index is 0.259. The Balaban J connectivity index is 1.15. The van der Waals surface area contributed by atoms with E-state index in [1.165, 1.54) is 32.3 Å². The van der Waals surface area contributed by atoms with E-state index >= 15 is 0 Å². The Morgan fingerprint density at radius 3 is 1.72 bits per heavy atom. The highest BCUT2D eigenvalue weighted by Gasteiger charge is 2.61. The summed E-state index contributed by atoms with van der Waals surface area (Å²) in [6, 6.07) is 56.8. The summed E-state index contributed by atoms with van der Waals surface area (Å²) in [6.07, 6.45) is 0.171. The van der Waals surface area contributed by atoms with E-state index < -0.39 is 30.2 Å². The topological polar surface area (TPSA) is 55.4 Å². The van der Waals surface area contributed by atoms with Gasteiger partial charge >= 0.3 is 0 Å². The number of benzene rings is 6. The Hall–Kier alpha value is -4.96. The molecule has 1 saturated heterocycles. The van der Waals surface area contributed by atoms with E-state index in [-0.39, 0.29) is 6.61 Å². The van der Waals surface area contributed by atoms with Gasteiger partial charge in [0.2, 0.25) is 5.79 Å². The van der Waals surface area contributed by atoms with Crippen LogP contribution < -0.4 is 0 Å². The van der Waals surface area contributed by atoms with Crippen molar-refractivity contribution in [1.29, 1.82) is 0 Å². The molecule has 3 heterocycles. The number of fused-ring (bicyclic) bond motifs is 4. The molecular weight excluding hydrogens is 765 g/mol. The molecule has 60 heavy (non-hydrogen) atoms. The number of aryl methyl sites for hydroxylation is 1. The third-order valence-electron chi connectivity index (χ3n) is 11.6. The Kier molecular flexibility index (Phi) is 12.9. The molecule has 2 aliphatic rings. The lowest BCUT2D eigenvalue weighted by Crippen LogP contribution is -2.67. The molecule has 0 unspecified atom stereocenters. The molecule has 9 rings (SSSR count). The van der Waals surface area contributed by atoms with Gasteiger partial charge in [-0.2, -0.15) is 0 Å². The van der Waals surface area contributed by atoms with Crippen LogP contribution in [0.3, 0.4) is 0 Å². The van der Waals surface area contributed by atoms with Crippen molar-refractivity contribution in [3.63, 3.8) is 0 Å². The number of hydrogen-bond acceptors (Lipinski definition) is 7. The van der Waals surface area contributed by atoms with Crippen LogP contribution in [0.5, 0.6) is 0 Å². The first-order chi connectivity index (χ1) is 29.7. The quantitative estimate of drug-likeness (QED) is 0.0968. The zero-order valence-corrected chi connectivity index (χ0v) is 34.9. The monoisotopic (exact) mass is 816 g/mol. The predicted octanol–water partition coefficient (Wildman–Crippen LogP) is 11.2. The molecule has 0 radical (unpaired) electrons. The van der Waals surface area contributed by atoms with Crippen LogP contribution in [-0.2, 0) is 79.9 Å². The van der Waals surface area contributed by atoms with Gasteiger partial charge in [-0.15, -0.1) is 11.3 Å². The van der Waals surface area contributed by atoms with Crippen LogP contribution in [0.1, 0.15) is 56.3 Å². The van der Waals surface area contributed by atoms with E-state index in [1.54, 1.807) is 11.3 Å². The van der Waals surface area contributed by atoms with Gasteiger partial charge in [-0.1, -0.05) is 171 Å². The molecule has 7 aromatic rings. The van der Waals surface area contributed by atoms with E-state index in [0.717, 1.165) is 46.4 Å². The van der Waals surface area contributed by atoms with Crippen molar-refractivity contribution in [2.45, 2.75) is 82.8 Å². The molecule has 6 nitrogen and oxygen atoms in total. The van der Waals surface area contributed by atoms with Crippen LogP contribution in [0.2, 0.25) is 0 Å². The molecule has 2 aliphatic heterocycles. The van der Waals surface area contributed by atoms with Crippen LogP contribution in [0, 0.1) is 0 Å². The van der Waals surface area contributed by atoms with Crippen LogP contribution in [0.15, 0.2) is 164 Å². The van der Waals surface area contributed by atoms with Crippen molar-refractivity contribution in [2.24, 2.45) is 0 Å². The zero-order valence-electron chi connectivity index (χ0n) is 34.1. The second-order valence-corrected chi connectivity index (χ2v) is 16.7. The van der Waals surface area contributed by atoms with E-state index in [2.05, 4.69) is 97.9 Å². The maximum Gasteiger partial charge on any atom is 0.235 e. The van der Waals surface area contributed by atoms with E-state index in [9.17, 15) is 0 Å². The second-order valence-electron chi connectivity index (χ2n) is 15.7. The first-order valence-electron chi connectivity index (χ1n) is 21.2. The van der Waals surface area contributed by atoms with Crippen LogP contribution in [0.4, 0.5) is 0 Å². The Morgan fingerprint density at radius 2 is 1.12 bits per heavy atom. The molecule has 0 amide bonds. The maximum atomic E-state index is 7.51. The van der Waals surface area contributed by atoms with Crippen molar-refractivity contribution in [3.8, 4) is 0 Å². The van der Waals surface area contributed by atoms with Gasteiger partial charge in [0.25, 0.3) is 0 Å². The van der Waals surface area contributed by atoms with Gasteiger partial charge in [-0.05, 0) is 69.2 Å². The molecule has 6 aromatic carbocycles. The SMILES string of the molecule is CCc1ccc(Cc2cccc3c4c(sc23)[C@]2(OCC4)O[C@H](COCc3ccccc3)[C@@H](OCc3ccccc3)[C@H](OCc3ccccc3)[C@H]2OCc2ccccc2)cc1. The second kappa shape index (κ2) is 19.2. The van der Waals surface area contributed by atoms with Gasteiger partial charge in [0.15, 0.2) is 0 Å². The number of ether oxygens (including phenoxy) is 6. The molecule has 0 aliphatic carbocycles. The maximum absolute atomic E-state index is 7.51. The fourth-order valence-corrected chi connectivity index (χ4v) is 9.99. The number of rotatable bonds is 16. The molecule has 0 saturated carbocycles. The summed E-state index contributed by atoms with van der Waals surface area (Å²) in [4.78, 5) is 1.03. The molecule has 1 spiro atoms. The average molecular weight is 817 g/mol. The van der Waals surface area contributed by atoms with Crippen molar-refractivity contribution in [3.05, 3.63) is 213 Å². The van der Waals surface area contributed by atoms with E-state index in [4.69, 9.17) is 28.4 Å². The van der Waals surface area contributed by atoms with Gasteiger partial charge in [0.1, 0.15) is 24.4 Å². The molecule has 0 N–H and O–H groups in total. The minimum Gasteiger partial charge on any atom is -0.374 e. The summed E-state index contributed by atoms with van der Waals surface area (Å²) in [5.74, 6) is -1.30. The molecule has 0 bridgehead atoms. The predicted molar refractivity (Wildman–Crippen MR) is 238 cm³/mol. The Morgan fingerprint density at radius 1 is 0.567 bits per heavy atom. The van der Waals surface area contributed by atoms with Gasteiger partial charge in [-0.3, -0.25) is 0 Å². The number of thiophene rings is 1. The zero-order chi connectivity index (χ0) is 40.6. The molecule has 1 aromatic heterocycles. The fraction of sp³-hybridized carbons (Fsp3) is 0.283. The van der Waals surface area contributed by atoms with Crippen molar-refractivity contribution in [2.75, 3.05) is 13.2 Å². The largest absolute Gasteiger partial charge is 0.374 e. The van der Waals surface area contributed by atoms with Crippen LogP contribution >= 0.6 is 11.3 Å². The van der Waals surface area contributed by atoms with Gasteiger partial charge in [-0.25, -0.2) is 0 Å². The minimum atomic E-state index is -1.30. The lowest BCUT2D eigenvalue weighted by Gasteiger charge is -2.53. The highest BCUT2D eigenvalue weighted by molar-refractivity contribution is 7.19. The lowest BCUT2D eigenvalue weighted by atomic mass is 9.87. The summed E-state index contributed by atoms with van der Waals surface area (Å²) in [5, 5.41) is 1.24. The third-order valence-corrected chi connectivity index (χ3v) is 13.1. The summed E-state index contributed by atoms with van der Waals surface area (Å²) < 4.78 is 43.7. The molecule has 1 fully saturated rings. The highest BCUT2D eigenvalue weighted by atomic mass is 32.1. The summed E-state index contributed by atoms with van der Waals surface area (Å²) >= 11 is 1.77. The van der Waals surface area contributed by atoms with Gasteiger partial charge < -0.3 is 28.4 Å². The van der Waals surface area contributed by atoms with Gasteiger partial charge in [0.05, 0.1) is 44.5 Å². The third kappa shape index (κ3) is 9.04.